The topological polar surface area (TPSA) is 83.6 Å². The number of benzene rings is 1. The monoisotopic (exact) mass is 179 g/mol. The van der Waals surface area contributed by atoms with Crippen molar-refractivity contribution >= 4 is 17.7 Å². The number of carboxylic acid groups (broad SMARTS) is 1. The van der Waals surface area contributed by atoms with Crippen molar-refractivity contribution in [1.82, 2.24) is 0 Å². The molecule has 0 spiro atoms. The normalized spacial score (nSPS) is 10.5. The second-order valence-corrected chi connectivity index (χ2v) is 2.49. The van der Waals surface area contributed by atoms with Crippen molar-refractivity contribution < 1.29 is 15.0 Å². The first-order chi connectivity index (χ1) is 6.09. The van der Waals surface area contributed by atoms with Crippen LogP contribution in [0.5, 0.6) is 5.75 Å². The molecule has 13 heavy (non-hydrogen) atoms. The van der Waals surface area contributed by atoms with Gasteiger partial charge in [0.05, 0.1) is 5.69 Å². The molecule has 0 aliphatic rings. The second kappa shape index (κ2) is 3.62. The van der Waals surface area contributed by atoms with Crippen molar-refractivity contribution in [1.29, 1.82) is 0 Å². The number of nitrogen functional groups attached to an aromatic ring is 1. The molecule has 0 aromatic heterocycles. The molecule has 0 amide bonds. The van der Waals surface area contributed by atoms with Crippen LogP contribution in [0.15, 0.2) is 24.3 Å². The molecule has 4 nitrogen and oxygen atoms in total. The van der Waals surface area contributed by atoms with E-state index in [0.717, 1.165) is 6.08 Å². The number of aliphatic carboxylic acids is 1. The van der Waals surface area contributed by atoms with Gasteiger partial charge >= 0.3 is 5.97 Å². The van der Waals surface area contributed by atoms with Gasteiger partial charge in [0, 0.05) is 6.08 Å². The Morgan fingerprint density at radius 1 is 1.46 bits per heavy atom. The maximum absolute atomic E-state index is 10.2. The molecular weight excluding hydrogens is 170 g/mol. The zero-order valence-electron chi connectivity index (χ0n) is 6.77. The zero-order valence-corrected chi connectivity index (χ0v) is 6.77. The lowest BCUT2D eigenvalue weighted by Crippen LogP contribution is -1.87. The van der Waals surface area contributed by atoms with Gasteiger partial charge in [0.2, 0.25) is 0 Å². The van der Waals surface area contributed by atoms with Crippen molar-refractivity contribution in [2.75, 3.05) is 5.73 Å². The van der Waals surface area contributed by atoms with Crippen LogP contribution in [0, 0.1) is 0 Å². The molecule has 1 aromatic rings. The van der Waals surface area contributed by atoms with Gasteiger partial charge < -0.3 is 15.9 Å². The fraction of sp³-hybridized carbons (Fsp3) is 0. The van der Waals surface area contributed by atoms with Crippen LogP contribution in [0.1, 0.15) is 5.56 Å². The lowest BCUT2D eigenvalue weighted by atomic mass is 10.2. The van der Waals surface area contributed by atoms with E-state index in [4.69, 9.17) is 15.9 Å². The Morgan fingerprint density at radius 3 is 2.69 bits per heavy atom. The molecule has 0 radical (unpaired) electrons. The van der Waals surface area contributed by atoms with E-state index in [1.54, 1.807) is 6.07 Å². The quantitative estimate of drug-likeness (QED) is 0.360. The molecule has 0 aliphatic heterocycles. The fourth-order valence-corrected chi connectivity index (χ4v) is 0.832. The summed E-state index contributed by atoms with van der Waals surface area (Å²) in [5.41, 5.74) is 6.22. The van der Waals surface area contributed by atoms with Gasteiger partial charge in [0.1, 0.15) is 5.75 Å². The highest BCUT2D eigenvalue weighted by Crippen LogP contribution is 2.21. The number of aromatic hydroxyl groups is 1. The van der Waals surface area contributed by atoms with E-state index in [1.165, 1.54) is 18.2 Å². The van der Waals surface area contributed by atoms with E-state index in [0.29, 0.717) is 5.56 Å². The van der Waals surface area contributed by atoms with Gasteiger partial charge in [-0.1, -0.05) is 6.07 Å². The van der Waals surface area contributed by atoms with Gasteiger partial charge in [-0.15, -0.1) is 0 Å². The van der Waals surface area contributed by atoms with Crippen LogP contribution in [0.3, 0.4) is 0 Å². The molecule has 68 valence electrons. The summed E-state index contributed by atoms with van der Waals surface area (Å²) in [5.74, 6) is -1.08. The fourth-order valence-electron chi connectivity index (χ4n) is 0.832. The minimum Gasteiger partial charge on any atom is -0.506 e. The van der Waals surface area contributed by atoms with E-state index in [9.17, 15) is 4.79 Å². The zero-order chi connectivity index (χ0) is 9.84. The van der Waals surface area contributed by atoms with Gasteiger partial charge in [-0.3, -0.25) is 0 Å². The molecule has 4 N–H and O–H groups in total. The number of rotatable bonds is 2. The van der Waals surface area contributed by atoms with E-state index in [1.807, 2.05) is 0 Å². The maximum atomic E-state index is 10.2. The standard InChI is InChI=1S/C9H9NO3/c10-7-3-1-6(5-8(7)11)2-4-9(12)13/h1-5,11H,10H2,(H,12,13). The number of hydrogen-bond acceptors (Lipinski definition) is 3. The van der Waals surface area contributed by atoms with Gasteiger partial charge in [-0.25, -0.2) is 4.79 Å². The summed E-state index contributed by atoms with van der Waals surface area (Å²) in [6, 6.07) is 4.53. The van der Waals surface area contributed by atoms with Crippen molar-refractivity contribution in [3.63, 3.8) is 0 Å². The van der Waals surface area contributed by atoms with E-state index < -0.39 is 5.97 Å². The number of phenolic OH excluding ortho intramolecular Hbond substituents is 1. The summed E-state index contributed by atoms with van der Waals surface area (Å²) in [7, 11) is 0. The SMILES string of the molecule is Nc1ccc(C=CC(=O)O)cc1O. The first kappa shape index (κ1) is 9.12. The molecule has 0 fully saturated rings. The van der Waals surface area contributed by atoms with Gasteiger partial charge in [0.15, 0.2) is 0 Å². The third-order valence-corrected chi connectivity index (χ3v) is 1.47. The predicted molar refractivity (Wildman–Crippen MR) is 49.2 cm³/mol. The first-order valence-corrected chi connectivity index (χ1v) is 3.59. The summed E-state index contributed by atoms with van der Waals surface area (Å²) >= 11 is 0. The van der Waals surface area contributed by atoms with Gasteiger partial charge in [-0.05, 0) is 23.8 Å². The largest absolute Gasteiger partial charge is 0.506 e. The number of hydrogen-bond donors (Lipinski definition) is 3. The summed E-state index contributed by atoms with van der Waals surface area (Å²) in [4.78, 5) is 10.2. The van der Waals surface area contributed by atoms with Crippen LogP contribution in [0.2, 0.25) is 0 Å². The highest BCUT2D eigenvalue weighted by Gasteiger charge is 1.96. The summed E-state index contributed by atoms with van der Waals surface area (Å²) in [6.07, 6.45) is 2.37. The molecule has 0 saturated heterocycles. The van der Waals surface area contributed by atoms with Crippen LogP contribution in [-0.4, -0.2) is 16.2 Å². The van der Waals surface area contributed by atoms with Crippen LogP contribution in [0.25, 0.3) is 6.08 Å². The van der Waals surface area contributed by atoms with Crippen LogP contribution < -0.4 is 5.73 Å². The van der Waals surface area contributed by atoms with Crippen molar-refractivity contribution in [2.45, 2.75) is 0 Å². The Morgan fingerprint density at radius 2 is 2.15 bits per heavy atom. The van der Waals surface area contributed by atoms with Crippen molar-refractivity contribution in [3.05, 3.63) is 29.8 Å². The molecule has 0 aliphatic carbocycles. The Labute approximate surface area is 74.9 Å². The molecule has 0 heterocycles. The molecular formula is C9H9NO3. The van der Waals surface area contributed by atoms with E-state index in [-0.39, 0.29) is 11.4 Å². The maximum Gasteiger partial charge on any atom is 0.328 e. The average Bonchev–Trinajstić information content (AvgIpc) is 2.07. The molecule has 0 atom stereocenters. The lowest BCUT2D eigenvalue weighted by Gasteiger charge is -1.98. The highest BCUT2D eigenvalue weighted by atomic mass is 16.4. The van der Waals surface area contributed by atoms with Crippen LogP contribution in [0.4, 0.5) is 5.69 Å². The number of carboxylic acids is 1. The molecule has 1 aromatic carbocycles. The minimum absolute atomic E-state index is 0.0486. The van der Waals surface area contributed by atoms with Crippen molar-refractivity contribution in [3.8, 4) is 5.75 Å². The third kappa shape index (κ3) is 2.52. The molecule has 0 bridgehead atoms. The minimum atomic E-state index is -1.03. The Bertz CT molecular complexity index is 358. The summed E-state index contributed by atoms with van der Waals surface area (Å²) in [6.45, 7) is 0. The van der Waals surface area contributed by atoms with E-state index >= 15 is 0 Å². The molecule has 0 unspecified atom stereocenters. The number of nitrogens with two attached hydrogens (primary N) is 1. The van der Waals surface area contributed by atoms with Gasteiger partial charge in [0.25, 0.3) is 0 Å². The highest BCUT2D eigenvalue weighted by molar-refractivity contribution is 5.85. The predicted octanol–water partition coefficient (Wildman–Crippen LogP) is 1.07. The molecule has 0 saturated carbocycles. The number of phenols is 1. The van der Waals surface area contributed by atoms with Gasteiger partial charge in [-0.2, -0.15) is 0 Å². The Balaban J connectivity index is 2.92. The Kier molecular flexibility index (Phi) is 2.54. The van der Waals surface area contributed by atoms with E-state index in [2.05, 4.69) is 0 Å². The second-order valence-electron chi connectivity index (χ2n) is 2.49. The van der Waals surface area contributed by atoms with Crippen molar-refractivity contribution in [2.24, 2.45) is 0 Å². The first-order valence-electron chi connectivity index (χ1n) is 3.59. The number of anilines is 1. The Hall–Kier alpha value is -1.97. The molecule has 1 rings (SSSR count). The third-order valence-electron chi connectivity index (χ3n) is 1.47. The molecule has 4 heteroatoms. The lowest BCUT2D eigenvalue weighted by molar-refractivity contribution is -0.131. The number of carbonyl (C=O) groups is 1. The average molecular weight is 179 g/mol. The smallest absolute Gasteiger partial charge is 0.328 e. The van der Waals surface area contributed by atoms with Crippen LogP contribution >= 0.6 is 0 Å². The summed E-state index contributed by atoms with van der Waals surface area (Å²) < 4.78 is 0. The van der Waals surface area contributed by atoms with Crippen LogP contribution in [-0.2, 0) is 4.79 Å². The summed E-state index contributed by atoms with van der Waals surface area (Å²) in [5, 5.41) is 17.5.